The summed E-state index contributed by atoms with van der Waals surface area (Å²) in [5.74, 6) is 0. The van der Waals surface area contributed by atoms with Gasteiger partial charge in [0.25, 0.3) is 0 Å². The Labute approximate surface area is 113 Å². The smallest absolute Gasteiger partial charge is 0.335 e. The van der Waals surface area contributed by atoms with Crippen LogP contribution in [0.4, 0.5) is 0 Å². The molecule has 1 aliphatic heterocycles. The number of rotatable bonds is 7. The second-order valence-corrected chi connectivity index (χ2v) is 9.81. The standard InChI is InChI=1S/C14H30O3Si/c1-8-14(10-15-11-14)13(5,6)17-18(7,9-2)16-12(3)4/h12H,8-11H2,1-7H3. The van der Waals surface area contributed by atoms with Gasteiger partial charge >= 0.3 is 8.56 Å². The Hall–Kier alpha value is 0.0969. The van der Waals surface area contributed by atoms with Gasteiger partial charge in [0.1, 0.15) is 0 Å². The summed E-state index contributed by atoms with van der Waals surface area (Å²) in [4.78, 5) is 0. The molecule has 0 aromatic heterocycles. The van der Waals surface area contributed by atoms with Gasteiger partial charge in [0, 0.05) is 11.5 Å². The molecular weight excluding hydrogens is 244 g/mol. The molecule has 0 N–H and O–H groups in total. The van der Waals surface area contributed by atoms with Crippen molar-refractivity contribution < 1.29 is 13.6 Å². The lowest BCUT2D eigenvalue weighted by molar-refractivity contribution is -0.207. The van der Waals surface area contributed by atoms with Crippen molar-refractivity contribution in [2.24, 2.45) is 5.41 Å². The molecule has 1 saturated heterocycles. The molecule has 18 heavy (non-hydrogen) atoms. The van der Waals surface area contributed by atoms with Gasteiger partial charge in [-0.2, -0.15) is 0 Å². The molecule has 0 amide bonds. The molecule has 0 aromatic carbocycles. The Bertz CT molecular complexity index is 269. The van der Waals surface area contributed by atoms with Crippen LogP contribution in [-0.4, -0.2) is 33.5 Å². The van der Waals surface area contributed by atoms with E-state index in [2.05, 4.69) is 48.1 Å². The zero-order valence-electron chi connectivity index (χ0n) is 13.1. The maximum Gasteiger partial charge on any atom is 0.335 e. The second kappa shape index (κ2) is 5.61. The predicted octanol–water partition coefficient (Wildman–Crippen LogP) is 3.73. The fraction of sp³-hybridized carbons (Fsp3) is 1.00. The van der Waals surface area contributed by atoms with Crippen LogP contribution in [0, 0.1) is 5.41 Å². The molecule has 1 unspecified atom stereocenters. The highest BCUT2D eigenvalue weighted by Crippen LogP contribution is 2.45. The Kier molecular flexibility index (Phi) is 5.04. The third kappa shape index (κ3) is 3.16. The van der Waals surface area contributed by atoms with Crippen LogP contribution in [-0.2, 0) is 13.6 Å². The van der Waals surface area contributed by atoms with Crippen molar-refractivity contribution in [1.82, 2.24) is 0 Å². The van der Waals surface area contributed by atoms with Crippen molar-refractivity contribution >= 4 is 8.56 Å². The first-order valence-corrected chi connectivity index (χ1v) is 9.68. The minimum absolute atomic E-state index is 0.163. The fourth-order valence-electron chi connectivity index (χ4n) is 2.65. The van der Waals surface area contributed by atoms with Gasteiger partial charge in [0.2, 0.25) is 0 Å². The molecule has 1 atom stereocenters. The Morgan fingerprint density at radius 1 is 1.28 bits per heavy atom. The third-order valence-corrected chi connectivity index (χ3v) is 7.51. The van der Waals surface area contributed by atoms with Gasteiger partial charge in [-0.05, 0) is 46.7 Å². The number of ether oxygens (including phenoxy) is 1. The molecule has 108 valence electrons. The number of hydrogen-bond acceptors (Lipinski definition) is 3. The van der Waals surface area contributed by atoms with E-state index in [9.17, 15) is 0 Å². The molecule has 3 nitrogen and oxygen atoms in total. The summed E-state index contributed by atoms with van der Waals surface area (Å²) in [6.45, 7) is 16.8. The lowest BCUT2D eigenvalue weighted by Crippen LogP contribution is -2.62. The van der Waals surface area contributed by atoms with Crippen LogP contribution in [0.5, 0.6) is 0 Å². The van der Waals surface area contributed by atoms with Crippen LogP contribution in [0.2, 0.25) is 12.6 Å². The quantitative estimate of drug-likeness (QED) is 0.662. The summed E-state index contributed by atoms with van der Waals surface area (Å²) in [6.07, 6.45) is 1.32. The van der Waals surface area contributed by atoms with Crippen molar-refractivity contribution in [2.75, 3.05) is 13.2 Å². The van der Waals surface area contributed by atoms with Crippen LogP contribution in [0.1, 0.15) is 48.0 Å². The maximum atomic E-state index is 6.52. The highest BCUT2D eigenvalue weighted by atomic mass is 28.4. The summed E-state index contributed by atoms with van der Waals surface area (Å²) in [5.41, 5.74) is -0.0113. The highest BCUT2D eigenvalue weighted by Gasteiger charge is 2.53. The van der Waals surface area contributed by atoms with E-state index in [0.29, 0.717) is 0 Å². The maximum absolute atomic E-state index is 6.52. The van der Waals surface area contributed by atoms with Crippen LogP contribution in [0.15, 0.2) is 0 Å². The minimum atomic E-state index is -2.09. The van der Waals surface area contributed by atoms with Crippen LogP contribution in [0.25, 0.3) is 0 Å². The molecule has 0 spiro atoms. The second-order valence-electron chi connectivity index (χ2n) is 6.39. The van der Waals surface area contributed by atoms with Crippen LogP contribution >= 0.6 is 0 Å². The summed E-state index contributed by atoms with van der Waals surface area (Å²) >= 11 is 0. The van der Waals surface area contributed by atoms with E-state index in [4.69, 9.17) is 13.6 Å². The molecule has 1 aliphatic rings. The van der Waals surface area contributed by atoms with Crippen LogP contribution in [0.3, 0.4) is 0 Å². The van der Waals surface area contributed by atoms with E-state index < -0.39 is 8.56 Å². The fourth-order valence-corrected chi connectivity index (χ4v) is 5.30. The predicted molar refractivity (Wildman–Crippen MR) is 77.0 cm³/mol. The topological polar surface area (TPSA) is 27.7 Å². The molecule has 0 radical (unpaired) electrons. The summed E-state index contributed by atoms with van der Waals surface area (Å²) in [6, 6.07) is 0.981. The van der Waals surface area contributed by atoms with E-state index in [1.165, 1.54) is 0 Å². The Morgan fingerprint density at radius 2 is 1.83 bits per heavy atom. The third-order valence-electron chi connectivity index (χ3n) is 4.31. The summed E-state index contributed by atoms with van der Waals surface area (Å²) in [7, 11) is -2.09. The van der Waals surface area contributed by atoms with Gasteiger partial charge in [0.15, 0.2) is 0 Å². The highest BCUT2D eigenvalue weighted by molar-refractivity contribution is 6.66. The van der Waals surface area contributed by atoms with Crippen molar-refractivity contribution in [2.45, 2.75) is 72.3 Å². The first-order chi connectivity index (χ1) is 8.20. The minimum Gasteiger partial charge on any atom is -0.392 e. The summed E-state index contributed by atoms with van der Waals surface area (Å²) in [5, 5.41) is 0. The van der Waals surface area contributed by atoms with E-state index in [-0.39, 0.29) is 17.1 Å². The lowest BCUT2D eigenvalue weighted by atomic mass is 9.70. The van der Waals surface area contributed by atoms with Gasteiger partial charge in [-0.3, -0.25) is 0 Å². The Morgan fingerprint density at radius 3 is 2.11 bits per heavy atom. The first kappa shape index (κ1) is 16.2. The van der Waals surface area contributed by atoms with Crippen molar-refractivity contribution in [3.8, 4) is 0 Å². The van der Waals surface area contributed by atoms with Crippen molar-refractivity contribution in [1.29, 1.82) is 0 Å². The molecule has 0 bridgehead atoms. The van der Waals surface area contributed by atoms with E-state index in [1.54, 1.807) is 0 Å². The Balaban J connectivity index is 2.79. The molecule has 0 aromatic rings. The SMILES string of the molecule is CCC1(C(C)(C)O[Si](C)(CC)OC(C)C)COC1. The molecule has 0 saturated carbocycles. The molecule has 1 rings (SSSR count). The van der Waals surface area contributed by atoms with Crippen LogP contribution < -0.4 is 0 Å². The molecule has 4 heteroatoms. The number of hydrogen-bond donors (Lipinski definition) is 0. The molecule has 0 aliphatic carbocycles. The summed E-state index contributed by atoms with van der Waals surface area (Å²) < 4.78 is 18.1. The molecular formula is C14H30O3Si. The zero-order chi connectivity index (χ0) is 14.0. The first-order valence-electron chi connectivity index (χ1n) is 7.16. The average Bonchev–Trinajstić information content (AvgIpc) is 2.13. The van der Waals surface area contributed by atoms with Gasteiger partial charge < -0.3 is 13.6 Å². The normalized spacial score (nSPS) is 22.7. The van der Waals surface area contributed by atoms with Crippen molar-refractivity contribution in [3.63, 3.8) is 0 Å². The van der Waals surface area contributed by atoms with Gasteiger partial charge in [-0.25, -0.2) is 0 Å². The van der Waals surface area contributed by atoms with Gasteiger partial charge in [-0.1, -0.05) is 13.8 Å². The monoisotopic (exact) mass is 274 g/mol. The van der Waals surface area contributed by atoms with Gasteiger partial charge in [-0.15, -0.1) is 0 Å². The average molecular weight is 274 g/mol. The van der Waals surface area contributed by atoms with Gasteiger partial charge in [0.05, 0.1) is 18.8 Å². The zero-order valence-corrected chi connectivity index (χ0v) is 14.1. The molecule has 1 heterocycles. The van der Waals surface area contributed by atoms with Crippen molar-refractivity contribution in [3.05, 3.63) is 0 Å². The lowest BCUT2D eigenvalue weighted by Gasteiger charge is -2.54. The van der Waals surface area contributed by atoms with E-state index in [1.807, 2.05) is 0 Å². The largest absolute Gasteiger partial charge is 0.392 e. The molecule has 1 fully saturated rings. The van der Waals surface area contributed by atoms with E-state index >= 15 is 0 Å². The van der Waals surface area contributed by atoms with E-state index in [0.717, 1.165) is 25.7 Å².